The molecule has 1 aromatic rings. The molecule has 1 aromatic heterocycles. The molecule has 2 unspecified atom stereocenters. The summed E-state index contributed by atoms with van der Waals surface area (Å²) < 4.78 is 0. The maximum Gasteiger partial charge on any atom is 0.354 e. The van der Waals surface area contributed by atoms with Gasteiger partial charge in [0.15, 0.2) is 5.69 Å². The minimum Gasteiger partial charge on any atom is -0.477 e. The predicted molar refractivity (Wildman–Crippen MR) is 77.9 cm³/mol. The molecule has 2 atom stereocenters. The van der Waals surface area contributed by atoms with E-state index in [2.05, 4.69) is 29.1 Å². The van der Waals surface area contributed by atoms with Crippen LogP contribution in [0.25, 0.3) is 0 Å². The average Bonchev–Trinajstić information content (AvgIpc) is 2.38. The largest absolute Gasteiger partial charge is 0.477 e. The zero-order valence-corrected chi connectivity index (χ0v) is 12.4. The van der Waals surface area contributed by atoms with Crippen LogP contribution in [-0.4, -0.2) is 27.1 Å². The number of aromatic carboxylic acids is 1. The van der Waals surface area contributed by atoms with Gasteiger partial charge in [0.05, 0.1) is 0 Å². The molecule has 2 rings (SSSR count). The number of hydrogen-bond acceptors (Lipinski definition) is 4. The summed E-state index contributed by atoms with van der Waals surface area (Å²) in [5.41, 5.74) is 0.730. The van der Waals surface area contributed by atoms with Crippen LogP contribution in [0.15, 0.2) is 6.07 Å². The number of carboxylic acids is 1. The average molecular weight is 277 g/mol. The number of nitrogens with zero attached hydrogens (tertiary/aromatic N) is 2. The standard InChI is InChI=1S/C15H23N3O2/c1-9(2)11-6-4-5-7-12(11)17-15-16-10(3)8-13(18-15)14(19)20/h8-9,11-12H,4-7H2,1-3H3,(H,19,20)(H,16,17,18). The molecule has 0 bridgehead atoms. The van der Waals surface area contributed by atoms with Gasteiger partial charge in [-0.2, -0.15) is 0 Å². The van der Waals surface area contributed by atoms with E-state index in [9.17, 15) is 4.79 Å². The molecule has 0 aromatic carbocycles. The molecule has 0 radical (unpaired) electrons. The third-order valence-corrected chi connectivity index (χ3v) is 4.06. The van der Waals surface area contributed by atoms with Gasteiger partial charge in [-0.1, -0.05) is 26.7 Å². The van der Waals surface area contributed by atoms with Crippen molar-refractivity contribution in [3.8, 4) is 0 Å². The Balaban J connectivity index is 2.17. The van der Waals surface area contributed by atoms with Gasteiger partial charge in [-0.25, -0.2) is 14.8 Å². The summed E-state index contributed by atoms with van der Waals surface area (Å²) in [6.07, 6.45) is 4.80. The third-order valence-electron chi connectivity index (χ3n) is 4.06. The van der Waals surface area contributed by atoms with Crippen LogP contribution >= 0.6 is 0 Å². The molecule has 0 aliphatic heterocycles. The number of rotatable bonds is 4. The van der Waals surface area contributed by atoms with E-state index in [0.717, 1.165) is 6.42 Å². The van der Waals surface area contributed by atoms with Crippen LogP contribution in [0.5, 0.6) is 0 Å². The molecule has 0 amide bonds. The number of nitrogens with one attached hydrogen (secondary N) is 1. The van der Waals surface area contributed by atoms with Crippen LogP contribution in [0.1, 0.15) is 55.7 Å². The van der Waals surface area contributed by atoms with Gasteiger partial charge in [0.2, 0.25) is 5.95 Å². The maximum atomic E-state index is 11.1. The Morgan fingerprint density at radius 1 is 1.35 bits per heavy atom. The lowest BCUT2D eigenvalue weighted by molar-refractivity contribution is 0.0690. The van der Waals surface area contributed by atoms with Crippen molar-refractivity contribution < 1.29 is 9.90 Å². The lowest BCUT2D eigenvalue weighted by Crippen LogP contribution is -2.36. The van der Waals surface area contributed by atoms with Crippen molar-refractivity contribution in [1.82, 2.24) is 9.97 Å². The molecule has 0 saturated heterocycles. The molecule has 1 aliphatic carbocycles. The summed E-state index contributed by atoms with van der Waals surface area (Å²) >= 11 is 0. The highest BCUT2D eigenvalue weighted by Gasteiger charge is 2.28. The van der Waals surface area contributed by atoms with Crippen LogP contribution in [0.2, 0.25) is 0 Å². The van der Waals surface area contributed by atoms with Crippen molar-refractivity contribution in [3.63, 3.8) is 0 Å². The van der Waals surface area contributed by atoms with Crippen LogP contribution in [-0.2, 0) is 0 Å². The fourth-order valence-electron chi connectivity index (χ4n) is 3.05. The van der Waals surface area contributed by atoms with Gasteiger partial charge in [0.25, 0.3) is 0 Å². The van der Waals surface area contributed by atoms with E-state index in [4.69, 9.17) is 5.11 Å². The summed E-state index contributed by atoms with van der Waals surface area (Å²) in [7, 11) is 0. The van der Waals surface area contributed by atoms with E-state index in [-0.39, 0.29) is 5.69 Å². The fraction of sp³-hybridized carbons (Fsp3) is 0.667. The highest BCUT2D eigenvalue weighted by Crippen LogP contribution is 2.31. The van der Waals surface area contributed by atoms with Crippen molar-refractivity contribution in [2.24, 2.45) is 11.8 Å². The Bertz CT molecular complexity index is 488. The molecule has 1 saturated carbocycles. The molecule has 5 nitrogen and oxygen atoms in total. The van der Waals surface area contributed by atoms with Crippen LogP contribution in [0.3, 0.4) is 0 Å². The van der Waals surface area contributed by atoms with Crippen LogP contribution in [0.4, 0.5) is 5.95 Å². The Kier molecular flexibility index (Phi) is 4.57. The SMILES string of the molecule is Cc1cc(C(=O)O)nc(NC2CCCCC2C(C)C)n1. The summed E-state index contributed by atoms with van der Waals surface area (Å²) in [6.45, 7) is 6.27. The van der Waals surface area contributed by atoms with E-state index in [1.807, 2.05) is 0 Å². The molecule has 1 heterocycles. The fourth-order valence-corrected chi connectivity index (χ4v) is 3.05. The van der Waals surface area contributed by atoms with Crippen LogP contribution in [0, 0.1) is 18.8 Å². The quantitative estimate of drug-likeness (QED) is 0.884. The van der Waals surface area contributed by atoms with Gasteiger partial charge in [-0.3, -0.25) is 0 Å². The molecular formula is C15H23N3O2. The Morgan fingerprint density at radius 2 is 2.05 bits per heavy atom. The minimum absolute atomic E-state index is 0.0527. The number of aromatic nitrogens is 2. The number of hydrogen-bond donors (Lipinski definition) is 2. The lowest BCUT2D eigenvalue weighted by atomic mass is 9.78. The van der Waals surface area contributed by atoms with Crippen molar-refractivity contribution in [2.45, 2.75) is 52.5 Å². The highest BCUT2D eigenvalue weighted by molar-refractivity contribution is 5.85. The van der Waals surface area contributed by atoms with Crippen molar-refractivity contribution in [1.29, 1.82) is 0 Å². The van der Waals surface area contributed by atoms with E-state index >= 15 is 0 Å². The first-order chi connectivity index (χ1) is 9.47. The number of carboxylic acid groups (broad SMARTS) is 1. The number of anilines is 1. The van der Waals surface area contributed by atoms with Crippen molar-refractivity contribution in [3.05, 3.63) is 17.5 Å². The van der Waals surface area contributed by atoms with Gasteiger partial charge in [-0.15, -0.1) is 0 Å². The van der Waals surface area contributed by atoms with Gasteiger partial charge < -0.3 is 10.4 Å². The second-order valence-electron chi connectivity index (χ2n) is 5.97. The first-order valence-electron chi connectivity index (χ1n) is 7.33. The van der Waals surface area contributed by atoms with Gasteiger partial charge in [0, 0.05) is 11.7 Å². The van der Waals surface area contributed by atoms with E-state index in [0.29, 0.717) is 29.5 Å². The Labute approximate surface area is 119 Å². The first kappa shape index (κ1) is 14.8. The third kappa shape index (κ3) is 3.46. The zero-order valence-electron chi connectivity index (χ0n) is 12.4. The molecule has 1 aliphatic rings. The summed E-state index contributed by atoms with van der Waals surface area (Å²) in [6, 6.07) is 1.83. The molecule has 110 valence electrons. The summed E-state index contributed by atoms with van der Waals surface area (Å²) in [5.74, 6) is 0.639. The Hall–Kier alpha value is -1.65. The van der Waals surface area contributed by atoms with Crippen molar-refractivity contribution in [2.75, 3.05) is 5.32 Å². The molecule has 5 heteroatoms. The zero-order chi connectivity index (χ0) is 14.7. The van der Waals surface area contributed by atoms with E-state index in [1.54, 1.807) is 6.92 Å². The molecule has 2 N–H and O–H groups in total. The smallest absolute Gasteiger partial charge is 0.354 e. The normalized spacial score (nSPS) is 22.8. The number of aryl methyl sites for hydroxylation is 1. The predicted octanol–water partition coefficient (Wildman–Crippen LogP) is 3.11. The monoisotopic (exact) mass is 277 g/mol. The second-order valence-corrected chi connectivity index (χ2v) is 5.97. The molecule has 1 fully saturated rings. The van der Waals surface area contributed by atoms with Crippen molar-refractivity contribution >= 4 is 11.9 Å². The Morgan fingerprint density at radius 3 is 2.70 bits per heavy atom. The minimum atomic E-state index is -1.01. The highest BCUT2D eigenvalue weighted by atomic mass is 16.4. The van der Waals surface area contributed by atoms with Gasteiger partial charge >= 0.3 is 5.97 Å². The number of carbonyl (C=O) groups is 1. The topological polar surface area (TPSA) is 75.1 Å². The first-order valence-corrected chi connectivity index (χ1v) is 7.33. The van der Waals surface area contributed by atoms with E-state index in [1.165, 1.54) is 25.3 Å². The van der Waals surface area contributed by atoms with Gasteiger partial charge in [-0.05, 0) is 37.7 Å². The van der Waals surface area contributed by atoms with Gasteiger partial charge in [0.1, 0.15) is 0 Å². The van der Waals surface area contributed by atoms with E-state index < -0.39 is 5.97 Å². The molecule has 20 heavy (non-hydrogen) atoms. The second kappa shape index (κ2) is 6.20. The molecule has 0 spiro atoms. The van der Waals surface area contributed by atoms with Crippen LogP contribution < -0.4 is 5.32 Å². The maximum absolute atomic E-state index is 11.1. The summed E-state index contributed by atoms with van der Waals surface area (Å²) in [4.78, 5) is 19.5. The lowest BCUT2D eigenvalue weighted by Gasteiger charge is -2.34. The molecular weight excluding hydrogens is 254 g/mol. The summed E-state index contributed by atoms with van der Waals surface area (Å²) in [5, 5.41) is 12.4.